The smallest absolute Gasteiger partial charge is 0.386 e. The Morgan fingerprint density at radius 1 is 1.04 bits per heavy atom. The van der Waals surface area contributed by atoms with Gasteiger partial charge in [-0.3, -0.25) is 4.79 Å². The highest BCUT2D eigenvalue weighted by atomic mass is 32.2. The first-order valence-electron chi connectivity index (χ1n) is 15.8. The van der Waals surface area contributed by atoms with Crippen molar-refractivity contribution in [1.29, 1.82) is 0 Å². The first kappa shape index (κ1) is 32.0. The Labute approximate surface area is 270 Å². The van der Waals surface area contributed by atoms with Crippen LogP contribution in [0.4, 0.5) is 0 Å². The molecule has 2 unspecified atom stereocenters. The second kappa shape index (κ2) is 13.0. The van der Waals surface area contributed by atoms with Gasteiger partial charge in [0.05, 0.1) is 37.7 Å². The fraction of sp³-hybridized carbons (Fsp3) is 0.441. The summed E-state index contributed by atoms with van der Waals surface area (Å²) in [5.41, 5.74) is 6.99. The number of aryl methyl sites for hydroxylation is 2. The number of benzene rings is 3. The molecule has 0 aliphatic carbocycles. The first-order chi connectivity index (χ1) is 22.1. The van der Waals surface area contributed by atoms with E-state index >= 15 is 0 Å². The van der Waals surface area contributed by atoms with Crippen molar-refractivity contribution >= 4 is 27.3 Å². The van der Waals surface area contributed by atoms with Gasteiger partial charge in [-0.05, 0) is 93.2 Å². The zero-order valence-electron chi connectivity index (χ0n) is 27.0. The highest BCUT2D eigenvalue weighted by Crippen LogP contribution is 2.40. The Bertz CT molecular complexity index is 1870. The average molecular weight is 648 g/mol. The highest BCUT2D eigenvalue weighted by Gasteiger charge is 2.37. The van der Waals surface area contributed by atoms with Crippen LogP contribution in [0.1, 0.15) is 72.0 Å². The molecule has 4 aromatic rings. The molecule has 0 saturated heterocycles. The minimum atomic E-state index is -4.08. The van der Waals surface area contributed by atoms with E-state index in [2.05, 4.69) is 28.3 Å². The number of hydrogen-bond donors (Lipinski definition) is 0. The van der Waals surface area contributed by atoms with Crippen molar-refractivity contribution in [3.8, 4) is 11.5 Å². The van der Waals surface area contributed by atoms with E-state index < -0.39 is 16.3 Å². The van der Waals surface area contributed by atoms with Crippen molar-refractivity contribution in [2.24, 2.45) is 0 Å². The molecule has 7 rings (SSSR count). The molecule has 0 spiro atoms. The Kier molecular flexibility index (Phi) is 9.04. The Morgan fingerprint density at radius 2 is 1.87 bits per heavy atom. The van der Waals surface area contributed by atoms with Crippen molar-refractivity contribution in [3.05, 3.63) is 81.9 Å². The Hall–Kier alpha value is -4.00. The summed E-state index contributed by atoms with van der Waals surface area (Å²) >= 11 is 0. The van der Waals surface area contributed by atoms with Gasteiger partial charge in [-0.25, -0.2) is 4.68 Å². The van der Waals surface area contributed by atoms with Gasteiger partial charge in [-0.2, -0.15) is 12.7 Å². The van der Waals surface area contributed by atoms with Gasteiger partial charge in [-0.15, -0.1) is 5.10 Å². The van der Waals surface area contributed by atoms with Gasteiger partial charge in [0.1, 0.15) is 17.0 Å². The molecule has 1 aromatic heterocycles. The second-order valence-corrected chi connectivity index (χ2v) is 13.7. The molecule has 12 heteroatoms. The minimum absolute atomic E-state index is 0.122. The number of fused-ring (bicyclic) bond motifs is 7. The highest BCUT2D eigenvalue weighted by molar-refractivity contribution is 7.84. The molecule has 11 nitrogen and oxygen atoms in total. The number of ether oxygens (including phenoxy) is 2. The van der Waals surface area contributed by atoms with E-state index in [9.17, 15) is 13.2 Å². The monoisotopic (exact) mass is 647 g/mol. The van der Waals surface area contributed by atoms with E-state index in [0.29, 0.717) is 24.7 Å². The number of nitrogens with zero attached hydrogens (tertiary/aromatic N) is 5. The number of carbonyl (C=O) groups excluding carboxylic acids is 1. The van der Waals surface area contributed by atoms with Crippen molar-refractivity contribution in [2.75, 3.05) is 33.4 Å². The fourth-order valence-electron chi connectivity index (χ4n) is 6.49. The lowest BCUT2D eigenvalue weighted by Crippen LogP contribution is -2.39. The molecule has 0 fully saturated rings. The summed E-state index contributed by atoms with van der Waals surface area (Å²) in [7, 11) is -2.01. The van der Waals surface area contributed by atoms with Gasteiger partial charge in [0.25, 0.3) is 0 Å². The van der Waals surface area contributed by atoms with Crippen molar-refractivity contribution in [3.63, 3.8) is 0 Å². The second-order valence-electron chi connectivity index (χ2n) is 12.2. The summed E-state index contributed by atoms with van der Waals surface area (Å²) in [5.74, 6) is 0.323. The lowest BCUT2D eigenvalue weighted by Gasteiger charge is -2.33. The van der Waals surface area contributed by atoms with E-state index in [4.69, 9.17) is 13.7 Å². The van der Waals surface area contributed by atoms with Crippen LogP contribution >= 0.6 is 0 Å². The van der Waals surface area contributed by atoms with Gasteiger partial charge in [-0.1, -0.05) is 29.5 Å². The molecular formula is C34H41N5O6S. The van der Waals surface area contributed by atoms with Crippen LogP contribution in [0.5, 0.6) is 11.5 Å². The van der Waals surface area contributed by atoms with Crippen molar-refractivity contribution in [1.82, 2.24) is 24.2 Å². The maximum atomic E-state index is 13.5. The van der Waals surface area contributed by atoms with Crippen molar-refractivity contribution in [2.45, 2.75) is 65.6 Å². The third-order valence-corrected chi connectivity index (χ3v) is 10.5. The third-order valence-electron chi connectivity index (χ3n) is 9.11. The van der Waals surface area contributed by atoms with E-state index in [1.807, 2.05) is 55.8 Å². The molecule has 244 valence electrons. The van der Waals surface area contributed by atoms with Crippen LogP contribution in [0.3, 0.4) is 0 Å². The van der Waals surface area contributed by atoms with Gasteiger partial charge >= 0.3 is 16.3 Å². The number of carbonyl (C=O) groups is 1. The summed E-state index contributed by atoms with van der Waals surface area (Å²) in [6.45, 7) is 10.9. The predicted octanol–water partition coefficient (Wildman–Crippen LogP) is 5.05. The number of esters is 1. The SMILES string of the molecule is CCOC(=O)CC1c2ccc(C)c(c2)[C@@H](C)N2Cc3cc(ccc3OS2(=O)=O)OCCCN(C)CCn2nnc3c(C)c1ccc32. The minimum Gasteiger partial charge on any atom is -0.494 e. The van der Waals surface area contributed by atoms with Crippen LogP contribution in [0.25, 0.3) is 11.0 Å². The van der Waals surface area contributed by atoms with E-state index in [1.165, 1.54) is 4.31 Å². The van der Waals surface area contributed by atoms with Crippen LogP contribution in [0, 0.1) is 13.8 Å². The molecule has 0 N–H and O–H groups in total. The molecule has 3 aromatic carbocycles. The molecule has 0 radical (unpaired) electrons. The van der Waals surface area contributed by atoms with Crippen LogP contribution in [-0.2, 0) is 32.9 Å². The number of hydrogen-bond acceptors (Lipinski definition) is 9. The largest absolute Gasteiger partial charge is 0.494 e. The summed E-state index contributed by atoms with van der Waals surface area (Å²) in [6, 6.07) is 14.8. The molecular weight excluding hydrogens is 606 g/mol. The van der Waals surface area contributed by atoms with Gasteiger partial charge in [0.2, 0.25) is 0 Å². The maximum Gasteiger partial charge on any atom is 0.386 e. The van der Waals surface area contributed by atoms with Crippen LogP contribution < -0.4 is 8.92 Å². The lowest BCUT2D eigenvalue weighted by molar-refractivity contribution is -0.143. The molecule has 46 heavy (non-hydrogen) atoms. The normalized spacial score (nSPS) is 21.7. The molecule has 4 heterocycles. The van der Waals surface area contributed by atoms with Crippen LogP contribution in [-0.4, -0.2) is 71.9 Å². The van der Waals surface area contributed by atoms with E-state index in [0.717, 1.165) is 63.9 Å². The standard InChI is InChI=1S/C34H41N5O6S/c1-6-43-33(40)20-30-25-9-8-22(2)29(19-25)24(4)39-21-26-18-27(10-13-32(26)45-46(39,41)42)44-17-7-14-37(5)15-16-38-31-12-11-28(30)23(3)34(31)35-36-38/h8-13,18-19,24,30H,6-7,14-17,20-21H2,1-5H3/t24-,30?/m1/s1. The fourth-order valence-corrected chi connectivity index (χ4v) is 7.77. The quantitative estimate of drug-likeness (QED) is 0.282. The van der Waals surface area contributed by atoms with Crippen molar-refractivity contribution < 1.29 is 26.9 Å². The molecule has 0 amide bonds. The van der Waals surface area contributed by atoms with E-state index in [1.54, 1.807) is 19.1 Å². The predicted molar refractivity (Wildman–Crippen MR) is 174 cm³/mol. The molecule has 3 aliphatic rings. The topological polar surface area (TPSA) is 116 Å². The summed E-state index contributed by atoms with van der Waals surface area (Å²) in [5, 5.41) is 9.03. The lowest BCUT2D eigenvalue weighted by atomic mass is 9.83. The maximum absolute atomic E-state index is 13.5. The third kappa shape index (κ3) is 6.33. The van der Waals surface area contributed by atoms with Crippen LogP contribution in [0.2, 0.25) is 0 Å². The Morgan fingerprint density at radius 3 is 2.67 bits per heavy atom. The van der Waals surface area contributed by atoms with Crippen LogP contribution in [0.15, 0.2) is 48.5 Å². The molecule has 3 atom stereocenters. The first-order valence-corrected chi connectivity index (χ1v) is 17.2. The zero-order valence-corrected chi connectivity index (χ0v) is 27.8. The van der Waals surface area contributed by atoms with Gasteiger partial charge in [0, 0.05) is 31.1 Å². The molecule has 9 bridgehead atoms. The number of rotatable bonds is 3. The summed E-state index contributed by atoms with van der Waals surface area (Å²) in [6.07, 6.45) is 0.941. The van der Waals surface area contributed by atoms with Gasteiger partial charge < -0.3 is 18.6 Å². The average Bonchev–Trinajstić information content (AvgIpc) is 3.44. The summed E-state index contributed by atoms with van der Waals surface area (Å²) < 4.78 is 47.3. The molecule has 0 saturated carbocycles. The van der Waals surface area contributed by atoms with Gasteiger partial charge in [0.15, 0.2) is 0 Å². The zero-order chi connectivity index (χ0) is 32.6. The summed E-state index contributed by atoms with van der Waals surface area (Å²) in [4.78, 5) is 15.2. The van der Waals surface area contributed by atoms with E-state index in [-0.39, 0.29) is 31.5 Å². The number of aromatic nitrogens is 3. The Balaban J connectivity index is 1.47. The molecule has 3 aliphatic heterocycles. The number of likely N-dealkylation sites (N-methyl/N-ethyl adjacent to an activating group) is 1.